The van der Waals surface area contributed by atoms with Gasteiger partial charge in [0.05, 0.1) is 12.4 Å². The second-order valence-corrected chi connectivity index (χ2v) is 3.57. The second kappa shape index (κ2) is 3.51. The molecule has 1 fully saturated rings. The smallest absolute Gasteiger partial charge is 0.256 e. The van der Waals surface area contributed by atoms with E-state index in [0.717, 1.165) is 0 Å². The summed E-state index contributed by atoms with van der Waals surface area (Å²) in [5.41, 5.74) is 0. The van der Waals surface area contributed by atoms with E-state index in [2.05, 4.69) is 21.9 Å². The molecule has 1 unspecified atom stereocenters. The van der Waals surface area contributed by atoms with Crippen molar-refractivity contribution in [2.45, 2.75) is 13.0 Å². The zero-order chi connectivity index (χ0) is 11.0. The van der Waals surface area contributed by atoms with Crippen LogP contribution < -0.4 is 10.2 Å². The van der Waals surface area contributed by atoms with Crippen molar-refractivity contribution in [2.24, 2.45) is 0 Å². The number of nitrogens with one attached hydrogen (secondary N) is 1. The van der Waals surface area contributed by atoms with Gasteiger partial charge in [-0.25, -0.2) is 14.9 Å². The number of rotatable bonds is 1. The fourth-order valence-electron chi connectivity index (χ4n) is 1.37. The largest absolute Gasteiger partial charge is 0.360 e. The third kappa shape index (κ3) is 1.66. The van der Waals surface area contributed by atoms with Crippen LogP contribution in [0, 0.1) is 0 Å². The maximum Gasteiger partial charge on any atom is 0.256 e. The van der Waals surface area contributed by atoms with Gasteiger partial charge in [-0.15, -0.1) is 0 Å². The molecule has 1 N–H and O–H groups in total. The van der Waals surface area contributed by atoms with Crippen LogP contribution in [0.4, 0.5) is 5.82 Å². The highest BCUT2D eigenvalue weighted by atomic mass is 35.5. The molecule has 0 bridgehead atoms. The van der Waals surface area contributed by atoms with Gasteiger partial charge in [0.1, 0.15) is 17.0 Å². The number of halogens is 1. The van der Waals surface area contributed by atoms with Crippen LogP contribution in [0.25, 0.3) is 0 Å². The van der Waals surface area contributed by atoms with Gasteiger partial charge in [0.2, 0.25) is 0 Å². The Labute approximate surface area is 91.8 Å². The molecule has 1 aliphatic heterocycles. The van der Waals surface area contributed by atoms with Gasteiger partial charge in [0.25, 0.3) is 5.91 Å². The molecule has 1 aliphatic rings. The predicted octanol–water partition coefficient (Wildman–Crippen LogP) is 0.926. The number of hydrogen-bond acceptors (Lipinski definition) is 4. The zero-order valence-electron chi connectivity index (χ0n) is 8.07. The summed E-state index contributed by atoms with van der Waals surface area (Å²) in [6.45, 7) is 5.49. The highest BCUT2D eigenvalue weighted by molar-refractivity contribution is 6.29. The molecule has 78 valence electrons. The Morgan fingerprint density at radius 1 is 1.53 bits per heavy atom. The standard InChI is InChI=1S/C9H9ClN4O/c1-5-9(15)14(6(2)13-5)8-4-11-7(10)3-12-8/h3-5,13H,2H2,1H3. The fraction of sp³-hybridized carbons (Fsp3) is 0.222. The number of hydrogen-bond donors (Lipinski definition) is 1. The minimum atomic E-state index is -0.282. The number of nitrogens with zero attached hydrogens (tertiary/aromatic N) is 3. The molecule has 1 saturated heterocycles. The minimum absolute atomic E-state index is 0.100. The number of carbonyl (C=O) groups excluding carboxylic acids is 1. The van der Waals surface area contributed by atoms with Crippen molar-refractivity contribution < 1.29 is 4.79 Å². The molecule has 0 aliphatic carbocycles. The molecule has 2 heterocycles. The Kier molecular flexibility index (Phi) is 2.32. The normalized spacial score (nSPS) is 20.7. The molecule has 1 aromatic heterocycles. The zero-order valence-corrected chi connectivity index (χ0v) is 8.82. The van der Waals surface area contributed by atoms with E-state index >= 15 is 0 Å². The van der Waals surface area contributed by atoms with Crippen molar-refractivity contribution in [1.29, 1.82) is 0 Å². The molecule has 0 spiro atoms. The van der Waals surface area contributed by atoms with Crippen LogP contribution in [0.2, 0.25) is 5.15 Å². The first-order chi connectivity index (χ1) is 7.09. The molecule has 1 amide bonds. The molecule has 5 nitrogen and oxygen atoms in total. The van der Waals surface area contributed by atoms with Crippen LogP contribution >= 0.6 is 11.6 Å². The lowest BCUT2D eigenvalue weighted by atomic mass is 10.3. The van der Waals surface area contributed by atoms with Crippen molar-refractivity contribution in [3.8, 4) is 0 Å². The van der Waals surface area contributed by atoms with E-state index < -0.39 is 0 Å². The summed E-state index contributed by atoms with van der Waals surface area (Å²) >= 11 is 5.60. The fourth-order valence-corrected chi connectivity index (χ4v) is 1.47. The second-order valence-electron chi connectivity index (χ2n) is 3.18. The van der Waals surface area contributed by atoms with Crippen LogP contribution in [0.1, 0.15) is 6.92 Å². The molecule has 6 heteroatoms. The highest BCUT2D eigenvalue weighted by Crippen LogP contribution is 2.20. The molecule has 1 aromatic rings. The molecule has 1 atom stereocenters. The Balaban J connectivity index is 2.35. The first-order valence-corrected chi connectivity index (χ1v) is 4.74. The topological polar surface area (TPSA) is 58.1 Å². The van der Waals surface area contributed by atoms with Gasteiger partial charge in [-0.1, -0.05) is 18.2 Å². The Morgan fingerprint density at radius 2 is 2.27 bits per heavy atom. The highest BCUT2D eigenvalue weighted by Gasteiger charge is 2.32. The lowest BCUT2D eigenvalue weighted by Gasteiger charge is -2.13. The Morgan fingerprint density at radius 3 is 2.73 bits per heavy atom. The molecular formula is C9H9ClN4O. The lowest BCUT2D eigenvalue weighted by Crippen LogP contribution is -2.28. The minimum Gasteiger partial charge on any atom is -0.360 e. The van der Waals surface area contributed by atoms with Crippen LogP contribution in [0.15, 0.2) is 24.8 Å². The number of aromatic nitrogens is 2. The van der Waals surface area contributed by atoms with E-state index in [1.54, 1.807) is 6.92 Å². The summed E-state index contributed by atoms with van der Waals surface area (Å²) in [6.07, 6.45) is 2.82. The van der Waals surface area contributed by atoms with Gasteiger partial charge in [-0.05, 0) is 6.92 Å². The number of amides is 1. The molecular weight excluding hydrogens is 216 g/mol. The third-order valence-electron chi connectivity index (χ3n) is 2.08. The van der Waals surface area contributed by atoms with Gasteiger partial charge in [0.15, 0.2) is 5.82 Å². The van der Waals surface area contributed by atoms with E-state index in [-0.39, 0.29) is 17.1 Å². The van der Waals surface area contributed by atoms with Gasteiger partial charge >= 0.3 is 0 Å². The van der Waals surface area contributed by atoms with Gasteiger partial charge in [0, 0.05) is 0 Å². The Hall–Kier alpha value is -1.62. The first kappa shape index (κ1) is 9.92. The summed E-state index contributed by atoms with van der Waals surface area (Å²) in [5, 5.41) is 3.20. The van der Waals surface area contributed by atoms with Crippen LogP contribution in [0.5, 0.6) is 0 Å². The van der Waals surface area contributed by atoms with Crippen LogP contribution in [-0.4, -0.2) is 21.9 Å². The summed E-state index contributed by atoms with van der Waals surface area (Å²) in [5.74, 6) is 0.826. The van der Waals surface area contributed by atoms with E-state index in [0.29, 0.717) is 11.6 Å². The van der Waals surface area contributed by atoms with Crippen molar-refractivity contribution in [3.05, 3.63) is 29.9 Å². The van der Waals surface area contributed by atoms with E-state index in [4.69, 9.17) is 11.6 Å². The molecule has 0 aromatic carbocycles. The summed E-state index contributed by atoms with van der Waals surface area (Å²) in [6, 6.07) is -0.282. The quantitative estimate of drug-likeness (QED) is 0.771. The average Bonchev–Trinajstić information content (AvgIpc) is 2.44. The van der Waals surface area contributed by atoms with Crippen LogP contribution in [-0.2, 0) is 4.79 Å². The molecule has 0 saturated carbocycles. The van der Waals surface area contributed by atoms with Gasteiger partial charge in [-0.3, -0.25) is 4.79 Å². The van der Waals surface area contributed by atoms with Gasteiger partial charge < -0.3 is 5.32 Å². The lowest BCUT2D eigenvalue weighted by molar-refractivity contribution is -0.118. The Bertz CT molecular complexity index is 417. The summed E-state index contributed by atoms with van der Waals surface area (Å²) < 4.78 is 0. The number of carbonyl (C=O) groups is 1. The van der Waals surface area contributed by atoms with Gasteiger partial charge in [-0.2, -0.15) is 0 Å². The first-order valence-electron chi connectivity index (χ1n) is 4.36. The van der Waals surface area contributed by atoms with E-state index in [1.807, 2.05) is 0 Å². The maximum atomic E-state index is 11.7. The van der Waals surface area contributed by atoms with Crippen molar-refractivity contribution >= 4 is 23.3 Å². The summed E-state index contributed by atoms with van der Waals surface area (Å²) in [4.78, 5) is 20.9. The average molecular weight is 225 g/mol. The third-order valence-corrected chi connectivity index (χ3v) is 2.27. The monoisotopic (exact) mass is 224 g/mol. The maximum absolute atomic E-state index is 11.7. The van der Waals surface area contributed by atoms with Crippen molar-refractivity contribution in [2.75, 3.05) is 4.90 Å². The number of anilines is 1. The SMILES string of the molecule is C=C1NC(C)C(=O)N1c1cnc(Cl)cn1. The van der Waals surface area contributed by atoms with Crippen molar-refractivity contribution in [1.82, 2.24) is 15.3 Å². The van der Waals surface area contributed by atoms with Crippen molar-refractivity contribution in [3.63, 3.8) is 0 Å². The molecule has 15 heavy (non-hydrogen) atoms. The van der Waals surface area contributed by atoms with E-state index in [1.165, 1.54) is 17.3 Å². The van der Waals surface area contributed by atoms with E-state index in [9.17, 15) is 4.79 Å². The predicted molar refractivity (Wildman–Crippen MR) is 56.3 cm³/mol. The summed E-state index contributed by atoms with van der Waals surface area (Å²) in [7, 11) is 0. The van der Waals surface area contributed by atoms with Crippen LogP contribution in [0.3, 0.4) is 0 Å². The molecule has 0 radical (unpaired) electrons. The molecule has 2 rings (SSSR count).